The molecule has 1 fully saturated rings. The maximum Gasteiger partial charge on any atom is 0.251 e. The summed E-state index contributed by atoms with van der Waals surface area (Å²) in [7, 11) is 0. The molecule has 1 aromatic carbocycles. The highest BCUT2D eigenvalue weighted by atomic mass is 79.9. The molecule has 0 aromatic heterocycles. The van der Waals surface area contributed by atoms with Gasteiger partial charge in [-0.1, -0.05) is 34.8 Å². The van der Waals surface area contributed by atoms with E-state index in [-0.39, 0.29) is 11.7 Å². The third-order valence-electron chi connectivity index (χ3n) is 3.78. The summed E-state index contributed by atoms with van der Waals surface area (Å²) in [4.78, 5) is 12.4. The lowest BCUT2D eigenvalue weighted by Gasteiger charge is -2.27. The van der Waals surface area contributed by atoms with Gasteiger partial charge in [0.1, 0.15) is 5.82 Å². The first-order chi connectivity index (χ1) is 9.08. The summed E-state index contributed by atoms with van der Waals surface area (Å²) in [5.41, 5.74) is 0.953. The summed E-state index contributed by atoms with van der Waals surface area (Å²) < 4.78 is 13.4. The van der Waals surface area contributed by atoms with Crippen LogP contribution < -0.4 is 5.32 Å². The molecule has 1 saturated carbocycles. The van der Waals surface area contributed by atoms with Gasteiger partial charge in [-0.3, -0.25) is 4.79 Å². The van der Waals surface area contributed by atoms with Gasteiger partial charge in [-0.25, -0.2) is 4.39 Å². The molecule has 0 radical (unpaired) electrons. The molecule has 2 rings (SSSR count). The number of hydrogen-bond acceptors (Lipinski definition) is 1. The van der Waals surface area contributed by atoms with Gasteiger partial charge in [-0.05, 0) is 43.4 Å². The van der Waals surface area contributed by atoms with E-state index in [1.165, 1.54) is 25.3 Å². The zero-order chi connectivity index (χ0) is 13.8. The number of carbonyl (C=O) groups is 1. The normalized spacial score (nSPS) is 23.1. The second-order valence-corrected chi connectivity index (χ2v) is 6.41. The number of alkyl halides is 1. The van der Waals surface area contributed by atoms with E-state index >= 15 is 0 Å². The maximum absolute atomic E-state index is 13.4. The first-order valence-electron chi connectivity index (χ1n) is 6.76. The van der Waals surface area contributed by atoms with Gasteiger partial charge in [0, 0.05) is 16.9 Å². The molecule has 1 aromatic rings. The average Bonchev–Trinajstić information content (AvgIpc) is 2.40. The Morgan fingerprint density at radius 2 is 2.16 bits per heavy atom. The summed E-state index contributed by atoms with van der Waals surface area (Å²) in [5.74, 6) is -0.0409. The van der Waals surface area contributed by atoms with Crippen LogP contribution in [0.2, 0.25) is 0 Å². The molecule has 104 valence electrons. The van der Waals surface area contributed by atoms with Crippen LogP contribution in [0.3, 0.4) is 0 Å². The fourth-order valence-electron chi connectivity index (χ4n) is 2.45. The third-order valence-corrected chi connectivity index (χ3v) is 4.98. The summed E-state index contributed by atoms with van der Waals surface area (Å²) in [6, 6.07) is 4.61. The lowest BCUT2D eigenvalue weighted by molar-refractivity contribution is 0.0944. The molecule has 0 heterocycles. The summed E-state index contributed by atoms with van der Waals surface area (Å²) in [6.45, 7) is 2.35. The number of carbonyl (C=O) groups excluding carboxylic acids is 1. The second-order valence-electron chi connectivity index (χ2n) is 5.23. The molecule has 1 aliphatic rings. The Labute approximate surface area is 121 Å². The van der Waals surface area contributed by atoms with Crippen LogP contribution in [0.5, 0.6) is 0 Å². The summed E-state index contributed by atoms with van der Waals surface area (Å²) in [6.07, 6.45) is 4.78. The van der Waals surface area contributed by atoms with Crippen LogP contribution in [0.4, 0.5) is 4.39 Å². The Morgan fingerprint density at radius 1 is 1.42 bits per heavy atom. The fourth-order valence-corrected chi connectivity index (χ4v) is 3.23. The molecular formula is C15H19BrFNO. The number of benzene rings is 1. The van der Waals surface area contributed by atoms with Crippen molar-refractivity contribution in [2.75, 3.05) is 6.54 Å². The van der Waals surface area contributed by atoms with Gasteiger partial charge in [0.2, 0.25) is 0 Å². The molecule has 1 amide bonds. The molecule has 0 bridgehead atoms. The SMILES string of the molecule is Cc1ccc(C(=O)NCC2CCCCC2Br)cc1F. The topological polar surface area (TPSA) is 29.1 Å². The van der Waals surface area contributed by atoms with Crippen LogP contribution in [0.15, 0.2) is 18.2 Å². The number of amides is 1. The van der Waals surface area contributed by atoms with E-state index in [9.17, 15) is 9.18 Å². The molecule has 1 aliphatic carbocycles. The van der Waals surface area contributed by atoms with Gasteiger partial charge in [-0.15, -0.1) is 0 Å². The first kappa shape index (κ1) is 14.5. The molecule has 2 nitrogen and oxygen atoms in total. The van der Waals surface area contributed by atoms with Gasteiger partial charge in [0.05, 0.1) is 0 Å². The van der Waals surface area contributed by atoms with Gasteiger partial charge < -0.3 is 5.32 Å². The average molecular weight is 328 g/mol. The Balaban J connectivity index is 1.91. The monoisotopic (exact) mass is 327 g/mol. The predicted molar refractivity (Wildman–Crippen MR) is 78.1 cm³/mol. The van der Waals surface area contributed by atoms with Crippen LogP contribution in [0, 0.1) is 18.7 Å². The van der Waals surface area contributed by atoms with Crippen molar-refractivity contribution in [1.29, 1.82) is 0 Å². The van der Waals surface area contributed by atoms with Crippen molar-refractivity contribution in [2.24, 2.45) is 5.92 Å². The lowest BCUT2D eigenvalue weighted by Crippen LogP contribution is -2.34. The second kappa shape index (κ2) is 6.51. The Morgan fingerprint density at radius 3 is 2.84 bits per heavy atom. The summed E-state index contributed by atoms with van der Waals surface area (Å²) in [5, 5.41) is 2.91. The maximum atomic E-state index is 13.4. The van der Waals surface area contributed by atoms with E-state index in [2.05, 4.69) is 21.2 Å². The lowest BCUT2D eigenvalue weighted by atomic mass is 9.89. The molecule has 0 saturated heterocycles. The number of halogens is 2. The Bertz CT molecular complexity index is 463. The molecule has 0 aliphatic heterocycles. The van der Waals surface area contributed by atoms with Crippen molar-refractivity contribution in [3.05, 3.63) is 35.1 Å². The highest BCUT2D eigenvalue weighted by Crippen LogP contribution is 2.29. The number of rotatable bonds is 3. The molecule has 19 heavy (non-hydrogen) atoms. The minimum absolute atomic E-state index is 0.191. The largest absolute Gasteiger partial charge is 0.352 e. The van der Waals surface area contributed by atoms with Crippen LogP contribution in [0.1, 0.15) is 41.6 Å². The van der Waals surface area contributed by atoms with E-state index in [1.54, 1.807) is 19.1 Å². The van der Waals surface area contributed by atoms with E-state index in [0.717, 1.165) is 6.42 Å². The van der Waals surface area contributed by atoms with Crippen LogP contribution in [0.25, 0.3) is 0 Å². The van der Waals surface area contributed by atoms with E-state index in [0.29, 0.717) is 28.4 Å². The molecule has 4 heteroatoms. The molecule has 1 N–H and O–H groups in total. The standard InChI is InChI=1S/C15H19BrFNO/c1-10-6-7-11(8-14(10)17)15(19)18-9-12-4-2-3-5-13(12)16/h6-8,12-13H,2-5,9H2,1H3,(H,18,19). The van der Waals surface area contributed by atoms with Crippen LogP contribution >= 0.6 is 15.9 Å². The van der Waals surface area contributed by atoms with Gasteiger partial charge in [0.15, 0.2) is 0 Å². The predicted octanol–water partition coefficient (Wildman–Crippen LogP) is 3.82. The zero-order valence-electron chi connectivity index (χ0n) is 11.1. The highest BCUT2D eigenvalue weighted by Gasteiger charge is 2.23. The van der Waals surface area contributed by atoms with Crippen molar-refractivity contribution in [3.8, 4) is 0 Å². The molecule has 0 spiro atoms. The van der Waals surface area contributed by atoms with Crippen molar-refractivity contribution < 1.29 is 9.18 Å². The number of nitrogens with one attached hydrogen (secondary N) is 1. The molecule has 2 atom stereocenters. The summed E-state index contributed by atoms with van der Waals surface area (Å²) >= 11 is 3.67. The molecular weight excluding hydrogens is 309 g/mol. The Kier molecular flexibility index (Phi) is 4.97. The van der Waals surface area contributed by atoms with E-state index in [4.69, 9.17) is 0 Å². The number of hydrogen-bond donors (Lipinski definition) is 1. The van der Waals surface area contributed by atoms with Crippen molar-refractivity contribution >= 4 is 21.8 Å². The van der Waals surface area contributed by atoms with Gasteiger partial charge in [0.25, 0.3) is 5.91 Å². The van der Waals surface area contributed by atoms with Gasteiger partial charge >= 0.3 is 0 Å². The van der Waals surface area contributed by atoms with Gasteiger partial charge in [-0.2, -0.15) is 0 Å². The smallest absolute Gasteiger partial charge is 0.251 e. The van der Waals surface area contributed by atoms with Crippen LogP contribution in [-0.4, -0.2) is 17.3 Å². The van der Waals surface area contributed by atoms with Crippen molar-refractivity contribution in [3.63, 3.8) is 0 Å². The van der Waals surface area contributed by atoms with Crippen LogP contribution in [-0.2, 0) is 0 Å². The van der Waals surface area contributed by atoms with E-state index < -0.39 is 0 Å². The fraction of sp³-hybridized carbons (Fsp3) is 0.533. The van der Waals surface area contributed by atoms with Crippen molar-refractivity contribution in [2.45, 2.75) is 37.4 Å². The minimum atomic E-state index is -0.330. The van der Waals surface area contributed by atoms with Crippen molar-refractivity contribution in [1.82, 2.24) is 5.32 Å². The Hall–Kier alpha value is -0.900. The minimum Gasteiger partial charge on any atom is -0.352 e. The molecule has 2 unspecified atom stereocenters. The first-order valence-corrected chi connectivity index (χ1v) is 7.68. The number of aryl methyl sites for hydroxylation is 1. The highest BCUT2D eigenvalue weighted by molar-refractivity contribution is 9.09. The quantitative estimate of drug-likeness (QED) is 0.840. The van der Waals surface area contributed by atoms with E-state index in [1.807, 2.05) is 0 Å². The third kappa shape index (κ3) is 3.78. The zero-order valence-corrected chi connectivity index (χ0v) is 12.7.